The van der Waals surface area contributed by atoms with E-state index in [1.165, 1.54) is 0 Å². The Morgan fingerprint density at radius 3 is 2.77 bits per heavy atom. The van der Waals surface area contributed by atoms with E-state index in [1.54, 1.807) is 12.4 Å². The minimum Gasteiger partial charge on any atom is -0.375 e. The summed E-state index contributed by atoms with van der Waals surface area (Å²) in [5, 5.41) is 9.10. The van der Waals surface area contributed by atoms with Crippen molar-refractivity contribution in [3.05, 3.63) is 48.4 Å². The molecule has 3 N–H and O–H groups in total. The first-order valence-electron chi connectivity index (χ1n) is 7.31. The highest BCUT2D eigenvalue weighted by Crippen LogP contribution is 2.03. The van der Waals surface area contributed by atoms with Crippen LogP contribution in [-0.4, -0.2) is 35.5 Å². The van der Waals surface area contributed by atoms with Crippen molar-refractivity contribution >= 4 is 17.4 Å². The predicted octanol–water partition coefficient (Wildman–Crippen LogP) is 1.82. The minimum atomic E-state index is -0.0303. The third-order valence-corrected chi connectivity index (χ3v) is 3.01. The summed E-state index contributed by atoms with van der Waals surface area (Å²) >= 11 is 0. The molecular weight excluding hydrogens is 278 g/mol. The van der Waals surface area contributed by atoms with E-state index in [-0.39, 0.29) is 12.5 Å². The fourth-order valence-electron chi connectivity index (χ4n) is 1.82. The zero-order valence-corrected chi connectivity index (χ0v) is 12.7. The van der Waals surface area contributed by atoms with Crippen LogP contribution in [0.15, 0.2) is 42.9 Å². The molecule has 0 atom stereocenters. The molecule has 6 nitrogen and oxygen atoms in total. The number of aromatic nitrogens is 2. The monoisotopic (exact) mass is 299 g/mol. The van der Waals surface area contributed by atoms with E-state index in [0.29, 0.717) is 6.54 Å². The number of carbonyl (C=O) groups excluding carboxylic acids is 1. The van der Waals surface area contributed by atoms with Crippen LogP contribution >= 0.6 is 0 Å². The zero-order valence-electron chi connectivity index (χ0n) is 12.7. The second kappa shape index (κ2) is 8.61. The first-order valence-corrected chi connectivity index (χ1v) is 7.31. The lowest BCUT2D eigenvalue weighted by molar-refractivity contribution is -0.119. The zero-order chi connectivity index (χ0) is 15.6. The maximum atomic E-state index is 11.7. The molecule has 0 bridgehead atoms. The van der Waals surface area contributed by atoms with E-state index in [1.807, 2.05) is 37.4 Å². The van der Waals surface area contributed by atoms with Gasteiger partial charge in [-0.3, -0.25) is 9.78 Å². The Morgan fingerprint density at radius 1 is 1.14 bits per heavy atom. The normalized spacial score (nSPS) is 10.0. The molecule has 22 heavy (non-hydrogen) atoms. The fraction of sp³-hybridized carbons (Fsp3) is 0.312. The van der Waals surface area contributed by atoms with Crippen LogP contribution in [0.3, 0.4) is 0 Å². The Bertz CT molecular complexity index is 571. The van der Waals surface area contributed by atoms with Crippen LogP contribution in [0.5, 0.6) is 0 Å². The molecule has 0 saturated heterocycles. The minimum absolute atomic E-state index is 0.0303. The Kier molecular flexibility index (Phi) is 6.17. The first-order chi connectivity index (χ1) is 10.7. The molecule has 2 heterocycles. The predicted molar refractivity (Wildman–Crippen MR) is 87.8 cm³/mol. The summed E-state index contributed by atoms with van der Waals surface area (Å²) in [4.78, 5) is 19.9. The van der Waals surface area contributed by atoms with Crippen LogP contribution in [0, 0.1) is 6.92 Å². The van der Waals surface area contributed by atoms with Crippen LogP contribution in [0.4, 0.5) is 11.5 Å². The summed E-state index contributed by atoms with van der Waals surface area (Å²) in [6, 6.07) is 7.66. The summed E-state index contributed by atoms with van der Waals surface area (Å²) in [6.45, 7) is 3.66. The van der Waals surface area contributed by atoms with Gasteiger partial charge < -0.3 is 16.0 Å². The van der Waals surface area contributed by atoms with E-state index >= 15 is 0 Å². The van der Waals surface area contributed by atoms with Crippen molar-refractivity contribution in [1.29, 1.82) is 0 Å². The molecule has 1 amide bonds. The Hall–Kier alpha value is -2.63. The first kappa shape index (κ1) is 15.8. The van der Waals surface area contributed by atoms with Crippen molar-refractivity contribution in [3.63, 3.8) is 0 Å². The third-order valence-electron chi connectivity index (χ3n) is 3.01. The molecule has 2 rings (SSSR count). The number of pyridine rings is 2. The molecule has 116 valence electrons. The van der Waals surface area contributed by atoms with Gasteiger partial charge in [0.15, 0.2) is 0 Å². The molecule has 0 aliphatic rings. The quantitative estimate of drug-likeness (QED) is 0.648. The topological polar surface area (TPSA) is 78.9 Å². The molecule has 2 aromatic rings. The maximum Gasteiger partial charge on any atom is 0.239 e. The largest absolute Gasteiger partial charge is 0.375 e. The second-order valence-corrected chi connectivity index (χ2v) is 4.95. The highest BCUT2D eigenvalue weighted by atomic mass is 16.1. The lowest BCUT2D eigenvalue weighted by atomic mass is 10.3. The lowest BCUT2D eigenvalue weighted by Gasteiger charge is -2.08. The number of anilines is 2. The van der Waals surface area contributed by atoms with Gasteiger partial charge in [-0.1, -0.05) is 6.07 Å². The van der Waals surface area contributed by atoms with Gasteiger partial charge >= 0.3 is 0 Å². The fourth-order valence-corrected chi connectivity index (χ4v) is 1.82. The standard InChI is InChI=1S/C16H21N5O/c1-13-5-6-15(21-10-13)18-8-3-9-19-16(22)12-20-14-4-2-7-17-11-14/h2,4-7,10-11,20H,3,8-9,12H2,1H3,(H,18,21)(H,19,22). The van der Waals surface area contributed by atoms with E-state index in [4.69, 9.17) is 0 Å². The molecule has 0 spiro atoms. The summed E-state index contributed by atoms with van der Waals surface area (Å²) in [5.74, 6) is 0.826. The summed E-state index contributed by atoms with van der Waals surface area (Å²) in [6.07, 6.45) is 6.05. The van der Waals surface area contributed by atoms with Crippen LogP contribution < -0.4 is 16.0 Å². The van der Waals surface area contributed by atoms with Crippen LogP contribution in [0.25, 0.3) is 0 Å². The van der Waals surface area contributed by atoms with Gasteiger partial charge in [-0.25, -0.2) is 4.98 Å². The van der Waals surface area contributed by atoms with E-state index in [2.05, 4.69) is 25.9 Å². The Labute approximate surface area is 130 Å². The number of nitrogens with one attached hydrogen (secondary N) is 3. The highest BCUT2D eigenvalue weighted by molar-refractivity contribution is 5.80. The Morgan fingerprint density at radius 2 is 2.05 bits per heavy atom. The number of hydrogen-bond acceptors (Lipinski definition) is 5. The molecular formula is C16H21N5O. The lowest BCUT2D eigenvalue weighted by Crippen LogP contribution is -2.31. The number of carbonyl (C=O) groups is 1. The average molecular weight is 299 g/mol. The number of hydrogen-bond donors (Lipinski definition) is 3. The molecule has 0 aliphatic carbocycles. The molecule has 6 heteroatoms. The number of aryl methyl sites for hydroxylation is 1. The van der Waals surface area contributed by atoms with E-state index < -0.39 is 0 Å². The van der Waals surface area contributed by atoms with Gasteiger partial charge in [0.2, 0.25) is 5.91 Å². The number of rotatable bonds is 8. The highest BCUT2D eigenvalue weighted by Gasteiger charge is 2.00. The number of amides is 1. The molecule has 0 aliphatic heterocycles. The van der Waals surface area contributed by atoms with Crippen LogP contribution in [0.2, 0.25) is 0 Å². The summed E-state index contributed by atoms with van der Waals surface area (Å²) in [5.41, 5.74) is 1.98. The van der Waals surface area contributed by atoms with E-state index in [0.717, 1.165) is 30.0 Å². The van der Waals surface area contributed by atoms with Gasteiger partial charge in [0.1, 0.15) is 5.82 Å². The smallest absolute Gasteiger partial charge is 0.239 e. The summed E-state index contributed by atoms with van der Waals surface area (Å²) in [7, 11) is 0. The van der Waals surface area contributed by atoms with Gasteiger partial charge in [0.25, 0.3) is 0 Å². The third kappa shape index (κ3) is 5.78. The Balaban J connectivity index is 1.54. The van der Waals surface area contributed by atoms with Crippen molar-refractivity contribution in [2.24, 2.45) is 0 Å². The van der Waals surface area contributed by atoms with Gasteiger partial charge in [-0.2, -0.15) is 0 Å². The van der Waals surface area contributed by atoms with Gasteiger partial charge in [-0.05, 0) is 37.1 Å². The molecule has 0 unspecified atom stereocenters. The molecule has 0 aromatic carbocycles. The van der Waals surface area contributed by atoms with E-state index in [9.17, 15) is 4.79 Å². The molecule has 0 fully saturated rings. The van der Waals surface area contributed by atoms with Gasteiger partial charge in [-0.15, -0.1) is 0 Å². The number of nitrogens with zero attached hydrogens (tertiary/aromatic N) is 2. The average Bonchev–Trinajstić information content (AvgIpc) is 2.55. The maximum absolute atomic E-state index is 11.7. The van der Waals surface area contributed by atoms with Crippen molar-refractivity contribution in [2.75, 3.05) is 30.3 Å². The van der Waals surface area contributed by atoms with Crippen molar-refractivity contribution in [3.8, 4) is 0 Å². The molecule has 2 aromatic heterocycles. The molecule has 0 saturated carbocycles. The van der Waals surface area contributed by atoms with Crippen molar-refractivity contribution in [1.82, 2.24) is 15.3 Å². The second-order valence-electron chi connectivity index (χ2n) is 4.95. The summed E-state index contributed by atoms with van der Waals surface area (Å²) < 4.78 is 0. The van der Waals surface area contributed by atoms with Crippen molar-refractivity contribution in [2.45, 2.75) is 13.3 Å². The van der Waals surface area contributed by atoms with Crippen molar-refractivity contribution < 1.29 is 4.79 Å². The molecule has 0 radical (unpaired) electrons. The SMILES string of the molecule is Cc1ccc(NCCCNC(=O)CNc2cccnc2)nc1. The van der Waals surface area contributed by atoms with Gasteiger partial charge in [0.05, 0.1) is 12.2 Å². The van der Waals surface area contributed by atoms with Gasteiger partial charge in [0, 0.05) is 31.7 Å². The van der Waals surface area contributed by atoms with Crippen LogP contribution in [0.1, 0.15) is 12.0 Å². The van der Waals surface area contributed by atoms with Crippen LogP contribution in [-0.2, 0) is 4.79 Å².